The Morgan fingerprint density at radius 3 is 2.38 bits per heavy atom. The first-order valence-electron chi connectivity index (χ1n) is 15.8. The molecule has 2 aliphatic rings. The van der Waals surface area contributed by atoms with Crippen molar-refractivity contribution < 1.29 is 18.8 Å². The maximum atomic E-state index is 14.0. The zero-order valence-corrected chi connectivity index (χ0v) is 27.9. The number of likely N-dealkylation sites (tertiary alicyclic amines) is 2. The van der Waals surface area contributed by atoms with Gasteiger partial charge in [-0.1, -0.05) is 71.2 Å². The van der Waals surface area contributed by atoms with E-state index in [0.29, 0.717) is 31.1 Å². The zero-order chi connectivity index (χ0) is 33.1. The second-order valence-corrected chi connectivity index (χ2v) is 13.4. The maximum absolute atomic E-state index is 14.0. The molecule has 0 saturated carbocycles. The quantitative estimate of drug-likeness (QED) is 0.214. The van der Waals surface area contributed by atoms with Crippen LogP contribution in [0, 0.1) is 0 Å². The third kappa shape index (κ3) is 7.67. The minimum absolute atomic E-state index is 0.0429. The number of halogens is 3. The van der Waals surface area contributed by atoms with Gasteiger partial charge in [-0.05, 0) is 72.6 Å². The third-order valence-corrected chi connectivity index (χ3v) is 9.76. The SMILES string of the molecule is O=C(NC(Cc1ccc(Cl)cc1)C(=O)N1CCC(c2ccccc2CN2CCCCC2=O)CC1)c1cc(=O)c2cc(Cl)cc(Cl)c2o1. The summed E-state index contributed by atoms with van der Waals surface area (Å²) in [5.74, 6) is -0.756. The van der Waals surface area contributed by atoms with Crippen LogP contribution in [-0.2, 0) is 22.6 Å². The summed E-state index contributed by atoms with van der Waals surface area (Å²) in [4.78, 5) is 56.6. The fourth-order valence-corrected chi connectivity index (χ4v) is 7.18. The second kappa shape index (κ2) is 14.5. The Balaban J connectivity index is 1.19. The van der Waals surface area contributed by atoms with Crippen LogP contribution in [0.1, 0.15) is 65.3 Å². The Hall–Kier alpha value is -3.85. The van der Waals surface area contributed by atoms with Crippen molar-refractivity contribution in [1.29, 1.82) is 0 Å². The molecule has 0 radical (unpaired) electrons. The third-order valence-electron chi connectivity index (χ3n) is 9.01. The van der Waals surface area contributed by atoms with Crippen molar-refractivity contribution in [3.05, 3.63) is 114 Å². The molecule has 11 heteroatoms. The lowest BCUT2D eigenvalue weighted by atomic mass is 9.86. The molecule has 3 heterocycles. The molecule has 2 aliphatic heterocycles. The van der Waals surface area contributed by atoms with Gasteiger partial charge >= 0.3 is 0 Å². The van der Waals surface area contributed by atoms with Crippen LogP contribution < -0.4 is 10.7 Å². The molecule has 0 aliphatic carbocycles. The van der Waals surface area contributed by atoms with Crippen LogP contribution in [-0.4, -0.2) is 53.2 Å². The molecule has 1 atom stereocenters. The molecule has 47 heavy (non-hydrogen) atoms. The van der Waals surface area contributed by atoms with Crippen LogP contribution in [0.25, 0.3) is 11.0 Å². The minimum Gasteiger partial charge on any atom is -0.449 e. The molecule has 3 aromatic carbocycles. The highest BCUT2D eigenvalue weighted by molar-refractivity contribution is 6.38. The summed E-state index contributed by atoms with van der Waals surface area (Å²) in [6.07, 6.45) is 4.29. The summed E-state index contributed by atoms with van der Waals surface area (Å²) in [7, 11) is 0. The van der Waals surface area contributed by atoms with Gasteiger partial charge in [0.2, 0.25) is 11.8 Å². The molecule has 2 fully saturated rings. The highest BCUT2D eigenvalue weighted by Crippen LogP contribution is 2.32. The maximum Gasteiger partial charge on any atom is 0.287 e. The van der Waals surface area contributed by atoms with Gasteiger partial charge in [-0.25, -0.2) is 0 Å². The lowest BCUT2D eigenvalue weighted by Crippen LogP contribution is -2.51. The minimum atomic E-state index is -0.931. The largest absolute Gasteiger partial charge is 0.449 e. The first kappa shape index (κ1) is 33.1. The van der Waals surface area contributed by atoms with Crippen LogP contribution in [0.2, 0.25) is 15.1 Å². The van der Waals surface area contributed by atoms with Crippen molar-refractivity contribution in [2.45, 2.75) is 57.0 Å². The number of benzene rings is 3. The van der Waals surface area contributed by atoms with Crippen LogP contribution in [0.4, 0.5) is 0 Å². The molecular weight excluding hydrogens is 661 g/mol. The predicted molar refractivity (Wildman–Crippen MR) is 183 cm³/mol. The number of nitrogens with zero attached hydrogens (tertiary/aromatic N) is 2. The summed E-state index contributed by atoms with van der Waals surface area (Å²) in [5, 5.41) is 3.89. The van der Waals surface area contributed by atoms with Gasteiger partial charge in [0.05, 0.1) is 10.4 Å². The molecule has 3 amide bonds. The molecule has 6 rings (SSSR count). The van der Waals surface area contributed by atoms with Crippen molar-refractivity contribution in [3.8, 4) is 0 Å². The number of nitrogens with one attached hydrogen (secondary N) is 1. The molecule has 4 aromatic rings. The predicted octanol–water partition coefficient (Wildman–Crippen LogP) is 7.01. The lowest BCUT2D eigenvalue weighted by Gasteiger charge is -2.36. The second-order valence-electron chi connectivity index (χ2n) is 12.2. The lowest BCUT2D eigenvalue weighted by molar-refractivity contribution is -0.135. The molecule has 2 saturated heterocycles. The average molecular weight is 695 g/mol. The van der Waals surface area contributed by atoms with Gasteiger partial charge in [-0.15, -0.1) is 0 Å². The molecular formula is C36H34Cl3N3O5. The summed E-state index contributed by atoms with van der Waals surface area (Å²) < 4.78 is 5.75. The van der Waals surface area contributed by atoms with Crippen molar-refractivity contribution in [2.24, 2.45) is 0 Å². The average Bonchev–Trinajstić information content (AvgIpc) is 3.07. The van der Waals surface area contributed by atoms with E-state index in [1.54, 1.807) is 17.0 Å². The smallest absolute Gasteiger partial charge is 0.287 e. The molecule has 244 valence electrons. The van der Waals surface area contributed by atoms with Crippen LogP contribution in [0.15, 0.2) is 75.9 Å². The van der Waals surface area contributed by atoms with Gasteiger partial charge in [0, 0.05) is 55.1 Å². The van der Waals surface area contributed by atoms with Crippen molar-refractivity contribution in [2.75, 3.05) is 19.6 Å². The molecule has 0 bridgehead atoms. The van der Waals surface area contributed by atoms with Crippen molar-refractivity contribution >= 4 is 63.5 Å². The van der Waals surface area contributed by atoms with Crippen LogP contribution in [0.5, 0.6) is 0 Å². The Morgan fingerprint density at radius 2 is 1.64 bits per heavy atom. The molecule has 1 unspecified atom stereocenters. The molecule has 1 N–H and O–H groups in total. The van der Waals surface area contributed by atoms with E-state index in [0.717, 1.165) is 49.4 Å². The molecule has 8 nitrogen and oxygen atoms in total. The molecule has 1 aromatic heterocycles. The van der Waals surface area contributed by atoms with Crippen molar-refractivity contribution in [3.63, 3.8) is 0 Å². The fourth-order valence-electron chi connectivity index (χ4n) is 6.52. The number of rotatable bonds is 8. The molecule has 0 spiro atoms. The van der Waals surface area contributed by atoms with E-state index in [1.165, 1.54) is 17.7 Å². The van der Waals surface area contributed by atoms with Gasteiger partial charge < -0.3 is 19.5 Å². The fraction of sp³-hybridized carbons (Fsp3) is 0.333. The monoisotopic (exact) mass is 693 g/mol. The number of fused-ring (bicyclic) bond motifs is 1. The van der Waals surface area contributed by atoms with Crippen LogP contribution >= 0.6 is 34.8 Å². The van der Waals surface area contributed by atoms with Gasteiger partial charge in [0.1, 0.15) is 6.04 Å². The van der Waals surface area contributed by atoms with E-state index >= 15 is 0 Å². The van der Waals surface area contributed by atoms with E-state index < -0.39 is 17.4 Å². The number of carbonyl (C=O) groups excluding carboxylic acids is 3. The number of hydrogen-bond acceptors (Lipinski definition) is 5. The number of carbonyl (C=O) groups is 3. The first-order chi connectivity index (χ1) is 22.7. The topological polar surface area (TPSA) is 99.9 Å². The number of piperidine rings is 2. The first-order valence-corrected chi connectivity index (χ1v) is 16.9. The Labute approximate surface area is 287 Å². The van der Waals surface area contributed by atoms with E-state index in [-0.39, 0.29) is 50.9 Å². The van der Waals surface area contributed by atoms with Crippen LogP contribution in [0.3, 0.4) is 0 Å². The van der Waals surface area contributed by atoms with E-state index in [1.807, 2.05) is 29.2 Å². The summed E-state index contributed by atoms with van der Waals surface area (Å²) in [5.41, 5.74) is 2.74. The van der Waals surface area contributed by atoms with Crippen molar-refractivity contribution in [1.82, 2.24) is 15.1 Å². The summed E-state index contributed by atoms with van der Waals surface area (Å²) in [6.45, 7) is 2.40. The van der Waals surface area contributed by atoms with E-state index in [9.17, 15) is 19.2 Å². The van der Waals surface area contributed by atoms with E-state index in [2.05, 4.69) is 17.4 Å². The normalized spacial score (nSPS) is 16.4. The van der Waals surface area contributed by atoms with Gasteiger partial charge in [0.15, 0.2) is 16.8 Å². The highest BCUT2D eigenvalue weighted by atomic mass is 35.5. The summed E-state index contributed by atoms with van der Waals surface area (Å²) >= 11 is 18.4. The zero-order valence-electron chi connectivity index (χ0n) is 25.6. The van der Waals surface area contributed by atoms with Gasteiger partial charge in [-0.3, -0.25) is 19.2 Å². The summed E-state index contributed by atoms with van der Waals surface area (Å²) in [6, 6.07) is 18.4. The number of hydrogen-bond donors (Lipinski definition) is 1. The van der Waals surface area contributed by atoms with E-state index in [4.69, 9.17) is 39.2 Å². The standard InChI is InChI=1S/C36H34Cl3N3O5/c37-25-10-8-22(9-11-25)17-30(40-35(45)32-20-31(43)28-18-26(38)19-29(39)34(28)47-32)36(46)41-15-12-23(13-16-41)27-6-2-1-5-24(27)21-42-14-4-3-7-33(42)44/h1-2,5-6,8-11,18-20,23,30H,3-4,7,12-17,21H2,(H,40,45). The Morgan fingerprint density at radius 1 is 0.894 bits per heavy atom. The number of amides is 3. The Bertz CT molecular complexity index is 1870. The van der Waals surface area contributed by atoms with Gasteiger partial charge in [0.25, 0.3) is 5.91 Å². The highest BCUT2D eigenvalue weighted by Gasteiger charge is 2.32. The Kier molecular flexibility index (Phi) is 10.2. The van der Waals surface area contributed by atoms with Gasteiger partial charge in [-0.2, -0.15) is 0 Å².